The molecular weight excluding hydrogens is 382 g/mol. The van der Waals surface area contributed by atoms with Crippen LogP contribution < -0.4 is 16.0 Å². The number of anilines is 2. The first kappa shape index (κ1) is 20.5. The van der Waals surface area contributed by atoms with Crippen LogP contribution in [-0.4, -0.2) is 29.4 Å². The number of fused-ring (bicyclic) bond motifs is 1. The average Bonchev–Trinajstić information content (AvgIpc) is 2.73. The maximum absolute atomic E-state index is 12.2. The maximum Gasteiger partial charge on any atom is 0.319 e. The number of aromatic nitrogens is 1. The fraction of sp³-hybridized carbons (Fsp3) is 0.227. The van der Waals surface area contributed by atoms with E-state index in [1.807, 2.05) is 67.6 Å². The Morgan fingerprint density at radius 3 is 2.76 bits per heavy atom. The molecule has 0 spiro atoms. The van der Waals surface area contributed by atoms with Crippen molar-refractivity contribution in [3.05, 3.63) is 60.7 Å². The Morgan fingerprint density at radius 1 is 1.10 bits per heavy atom. The molecule has 1 aromatic heterocycles. The van der Waals surface area contributed by atoms with Crippen molar-refractivity contribution in [2.45, 2.75) is 23.5 Å². The van der Waals surface area contributed by atoms with Crippen LogP contribution in [-0.2, 0) is 0 Å². The number of nitriles is 1. The first-order valence-electron chi connectivity index (χ1n) is 9.43. The number of rotatable bonds is 8. The zero-order chi connectivity index (χ0) is 20.5. The number of pyridine rings is 1. The summed E-state index contributed by atoms with van der Waals surface area (Å²) in [4.78, 5) is 17.7. The van der Waals surface area contributed by atoms with Gasteiger partial charge in [0.1, 0.15) is 5.82 Å². The van der Waals surface area contributed by atoms with Crippen molar-refractivity contribution in [2.24, 2.45) is 0 Å². The van der Waals surface area contributed by atoms with E-state index in [0.29, 0.717) is 19.5 Å². The fourth-order valence-electron chi connectivity index (χ4n) is 2.76. The predicted octanol–water partition coefficient (Wildman–Crippen LogP) is 4.86. The summed E-state index contributed by atoms with van der Waals surface area (Å²) < 4.78 is 0. The van der Waals surface area contributed by atoms with Gasteiger partial charge in [-0.25, -0.2) is 9.78 Å². The summed E-state index contributed by atoms with van der Waals surface area (Å²) in [7, 11) is 0. The molecule has 0 saturated carbocycles. The number of thioether (sulfide) groups is 1. The largest absolute Gasteiger partial charge is 0.368 e. The van der Waals surface area contributed by atoms with Crippen LogP contribution in [0.2, 0.25) is 0 Å². The number of amides is 2. The molecule has 0 bridgehead atoms. The molecule has 0 fully saturated rings. The van der Waals surface area contributed by atoms with Gasteiger partial charge in [0.05, 0.1) is 17.3 Å². The number of nitrogens with one attached hydrogen (secondary N) is 3. The van der Waals surface area contributed by atoms with Crippen LogP contribution in [0.3, 0.4) is 0 Å². The van der Waals surface area contributed by atoms with Crippen molar-refractivity contribution in [2.75, 3.05) is 23.7 Å². The normalized spacial score (nSPS) is 11.4. The van der Waals surface area contributed by atoms with Crippen molar-refractivity contribution in [1.82, 2.24) is 10.3 Å². The molecule has 1 unspecified atom stereocenters. The molecule has 29 heavy (non-hydrogen) atoms. The average molecular weight is 406 g/mol. The SMILES string of the molecule is CC(CC#N)Sc1ccccc1NC(=O)NCCNc1ccc2ccccc2n1. The quantitative estimate of drug-likeness (QED) is 0.368. The van der Waals surface area contributed by atoms with E-state index in [1.165, 1.54) is 0 Å². The molecule has 3 N–H and O–H groups in total. The second kappa shape index (κ2) is 10.3. The van der Waals surface area contributed by atoms with Crippen molar-refractivity contribution < 1.29 is 4.79 Å². The Labute approximate surface area is 174 Å². The summed E-state index contributed by atoms with van der Waals surface area (Å²) in [6.07, 6.45) is 0.458. The number of urea groups is 1. The van der Waals surface area contributed by atoms with E-state index in [-0.39, 0.29) is 11.3 Å². The van der Waals surface area contributed by atoms with Crippen LogP contribution in [0.1, 0.15) is 13.3 Å². The number of carbonyl (C=O) groups excluding carboxylic acids is 1. The first-order valence-corrected chi connectivity index (χ1v) is 10.3. The van der Waals surface area contributed by atoms with E-state index in [2.05, 4.69) is 27.0 Å². The van der Waals surface area contributed by atoms with Crippen molar-refractivity contribution >= 4 is 40.2 Å². The maximum atomic E-state index is 12.2. The van der Waals surface area contributed by atoms with Gasteiger partial charge in [0.2, 0.25) is 0 Å². The molecular formula is C22H23N5OS. The molecule has 0 radical (unpaired) electrons. The second-order valence-electron chi connectivity index (χ2n) is 6.48. The van der Waals surface area contributed by atoms with Gasteiger partial charge < -0.3 is 16.0 Å². The summed E-state index contributed by atoms with van der Waals surface area (Å²) in [5.74, 6) is 0.777. The number of hydrogen-bond donors (Lipinski definition) is 3. The second-order valence-corrected chi connectivity index (χ2v) is 7.96. The van der Waals surface area contributed by atoms with Gasteiger partial charge in [0, 0.05) is 35.0 Å². The number of para-hydroxylation sites is 2. The Balaban J connectivity index is 1.47. The van der Waals surface area contributed by atoms with Crippen LogP contribution in [0.5, 0.6) is 0 Å². The number of hydrogen-bond acceptors (Lipinski definition) is 5. The third-order valence-electron chi connectivity index (χ3n) is 4.16. The molecule has 1 atom stereocenters. The van der Waals surface area contributed by atoms with E-state index < -0.39 is 0 Å². The van der Waals surface area contributed by atoms with Crippen molar-refractivity contribution in [3.8, 4) is 6.07 Å². The van der Waals surface area contributed by atoms with E-state index in [0.717, 1.165) is 27.3 Å². The summed E-state index contributed by atoms with van der Waals surface area (Å²) in [5.41, 5.74) is 1.67. The summed E-state index contributed by atoms with van der Waals surface area (Å²) in [6.45, 7) is 3.02. The van der Waals surface area contributed by atoms with E-state index in [4.69, 9.17) is 5.26 Å². The zero-order valence-corrected chi connectivity index (χ0v) is 17.0. The van der Waals surface area contributed by atoms with Crippen LogP contribution in [0.25, 0.3) is 10.9 Å². The molecule has 0 saturated heterocycles. The lowest BCUT2D eigenvalue weighted by Crippen LogP contribution is -2.32. The Kier molecular flexibility index (Phi) is 7.31. The lowest BCUT2D eigenvalue weighted by molar-refractivity contribution is 0.252. The lowest BCUT2D eigenvalue weighted by Gasteiger charge is -2.14. The third-order valence-corrected chi connectivity index (χ3v) is 5.34. The van der Waals surface area contributed by atoms with Crippen LogP contribution >= 0.6 is 11.8 Å². The molecule has 0 aliphatic carbocycles. The Morgan fingerprint density at radius 2 is 1.90 bits per heavy atom. The fourth-order valence-corrected chi connectivity index (χ4v) is 3.75. The predicted molar refractivity (Wildman–Crippen MR) is 119 cm³/mol. The molecule has 0 aliphatic heterocycles. The molecule has 2 aromatic carbocycles. The Bertz CT molecular complexity index is 1020. The highest BCUT2D eigenvalue weighted by Gasteiger charge is 2.10. The van der Waals surface area contributed by atoms with Gasteiger partial charge in [-0.3, -0.25) is 0 Å². The van der Waals surface area contributed by atoms with E-state index in [1.54, 1.807) is 11.8 Å². The van der Waals surface area contributed by atoms with E-state index >= 15 is 0 Å². The number of nitrogens with zero attached hydrogens (tertiary/aromatic N) is 2. The van der Waals surface area contributed by atoms with Gasteiger partial charge in [-0.15, -0.1) is 11.8 Å². The highest BCUT2D eigenvalue weighted by Crippen LogP contribution is 2.31. The highest BCUT2D eigenvalue weighted by molar-refractivity contribution is 8.00. The molecule has 3 aromatic rings. The molecule has 6 nitrogen and oxygen atoms in total. The number of benzene rings is 2. The van der Waals surface area contributed by atoms with Gasteiger partial charge >= 0.3 is 6.03 Å². The summed E-state index contributed by atoms with van der Waals surface area (Å²) in [6, 6.07) is 21.4. The standard InChI is InChI=1S/C22H23N5OS/c1-16(12-13-23)29-20-9-5-4-8-19(20)27-22(28)25-15-14-24-21-11-10-17-6-2-3-7-18(17)26-21/h2-11,16H,12,14-15H2,1H3,(H,24,26)(H2,25,27,28). The summed E-state index contributed by atoms with van der Waals surface area (Å²) in [5, 5.41) is 19.0. The van der Waals surface area contributed by atoms with Crippen molar-refractivity contribution in [1.29, 1.82) is 5.26 Å². The van der Waals surface area contributed by atoms with Gasteiger partial charge in [-0.05, 0) is 30.3 Å². The first-order chi connectivity index (χ1) is 14.2. The molecule has 148 valence electrons. The van der Waals surface area contributed by atoms with Gasteiger partial charge in [0.15, 0.2) is 0 Å². The molecule has 0 aliphatic rings. The zero-order valence-electron chi connectivity index (χ0n) is 16.2. The Hall–Kier alpha value is -3.24. The smallest absolute Gasteiger partial charge is 0.319 e. The third kappa shape index (κ3) is 6.13. The molecule has 7 heteroatoms. The van der Waals surface area contributed by atoms with Gasteiger partial charge in [-0.1, -0.05) is 37.3 Å². The monoisotopic (exact) mass is 405 g/mol. The molecule has 2 amide bonds. The van der Waals surface area contributed by atoms with Crippen LogP contribution in [0.15, 0.2) is 65.6 Å². The minimum Gasteiger partial charge on any atom is -0.368 e. The minimum atomic E-state index is -0.265. The summed E-state index contributed by atoms with van der Waals surface area (Å²) >= 11 is 1.58. The molecule has 1 heterocycles. The van der Waals surface area contributed by atoms with Crippen LogP contribution in [0, 0.1) is 11.3 Å². The molecule has 3 rings (SSSR count). The topological polar surface area (TPSA) is 89.8 Å². The van der Waals surface area contributed by atoms with E-state index in [9.17, 15) is 4.79 Å². The minimum absolute atomic E-state index is 0.157. The van der Waals surface area contributed by atoms with Crippen molar-refractivity contribution in [3.63, 3.8) is 0 Å². The van der Waals surface area contributed by atoms with Crippen LogP contribution in [0.4, 0.5) is 16.3 Å². The number of carbonyl (C=O) groups is 1. The highest BCUT2D eigenvalue weighted by atomic mass is 32.2. The van der Waals surface area contributed by atoms with Gasteiger partial charge in [0.25, 0.3) is 0 Å². The lowest BCUT2D eigenvalue weighted by atomic mass is 10.2. The van der Waals surface area contributed by atoms with Gasteiger partial charge in [-0.2, -0.15) is 5.26 Å².